The molecule has 2 aromatic rings. The molecule has 0 unspecified atom stereocenters. The van der Waals surface area contributed by atoms with Crippen molar-refractivity contribution in [2.45, 2.75) is 20.8 Å². The molecule has 0 aliphatic heterocycles. The number of imidazole rings is 1. The first-order valence-electron chi connectivity index (χ1n) is 6.44. The molecule has 3 N–H and O–H groups in total. The monoisotopic (exact) mass is 260 g/mol. The molecular formula is C14H20N4O. The van der Waals surface area contributed by atoms with Gasteiger partial charge in [0, 0.05) is 18.5 Å². The number of fused-ring (bicyclic) bond motifs is 1. The van der Waals surface area contributed by atoms with Crippen LogP contribution in [0, 0.1) is 5.41 Å². The van der Waals surface area contributed by atoms with Gasteiger partial charge in [0.1, 0.15) is 0 Å². The molecule has 1 aromatic carbocycles. The maximum Gasteiger partial charge on any atom is 0.225 e. The van der Waals surface area contributed by atoms with Crippen LogP contribution in [0.4, 0.5) is 5.95 Å². The van der Waals surface area contributed by atoms with Gasteiger partial charge >= 0.3 is 0 Å². The van der Waals surface area contributed by atoms with Gasteiger partial charge in [0.2, 0.25) is 11.9 Å². The Hall–Kier alpha value is -2.04. The molecule has 0 aliphatic rings. The molecule has 0 spiro atoms. The van der Waals surface area contributed by atoms with Gasteiger partial charge in [-0.05, 0) is 12.1 Å². The lowest BCUT2D eigenvalue weighted by Crippen LogP contribution is -2.37. The number of aromatic amines is 1. The van der Waals surface area contributed by atoms with E-state index in [0.717, 1.165) is 17.0 Å². The van der Waals surface area contributed by atoms with Crippen LogP contribution in [0.3, 0.4) is 0 Å². The third kappa shape index (κ3) is 3.47. The third-order valence-electron chi connectivity index (χ3n) is 2.77. The first-order chi connectivity index (χ1) is 8.97. The van der Waals surface area contributed by atoms with Crippen LogP contribution in [0.25, 0.3) is 11.0 Å². The minimum atomic E-state index is -0.348. The van der Waals surface area contributed by atoms with Crippen LogP contribution < -0.4 is 10.6 Å². The van der Waals surface area contributed by atoms with E-state index in [4.69, 9.17) is 0 Å². The summed E-state index contributed by atoms with van der Waals surface area (Å²) in [5.74, 6) is 0.783. The summed E-state index contributed by atoms with van der Waals surface area (Å²) in [6, 6.07) is 7.86. The van der Waals surface area contributed by atoms with Crippen molar-refractivity contribution in [2.75, 3.05) is 18.4 Å². The molecule has 0 bridgehead atoms. The zero-order chi connectivity index (χ0) is 13.9. The van der Waals surface area contributed by atoms with E-state index in [-0.39, 0.29) is 11.3 Å². The molecule has 1 amide bonds. The zero-order valence-electron chi connectivity index (χ0n) is 11.6. The fraction of sp³-hybridized carbons (Fsp3) is 0.429. The molecule has 19 heavy (non-hydrogen) atoms. The van der Waals surface area contributed by atoms with Crippen molar-refractivity contribution in [2.24, 2.45) is 5.41 Å². The number of carbonyl (C=O) groups excluding carboxylic acids is 1. The van der Waals surface area contributed by atoms with Crippen LogP contribution in [0.2, 0.25) is 0 Å². The Morgan fingerprint density at radius 2 is 2.00 bits per heavy atom. The summed E-state index contributed by atoms with van der Waals surface area (Å²) in [6.07, 6.45) is 0. The van der Waals surface area contributed by atoms with Crippen molar-refractivity contribution >= 4 is 22.9 Å². The predicted octanol–water partition coefficient (Wildman–Crippen LogP) is 2.14. The SMILES string of the molecule is CC(C)(C)C(=O)NCCNc1nc2ccccc2[nH]1. The molecule has 5 heteroatoms. The molecular weight excluding hydrogens is 240 g/mol. The highest BCUT2D eigenvalue weighted by Gasteiger charge is 2.20. The van der Waals surface area contributed by atoms with Crippen molar-refractivity contribution in [3.05, 3.63) is 24.3 Å². The maximum atomic E-state index is 11.7. The minimum absolute atomic E-state index is 0.0545. The Balaban J connectivity index is 1.81. The van der Waals surface area contributed by atoms with E-state index >= 15 is 0 Å². The Morgan fingerprint density at radius 3 is 2.68 bits per heavy atom. The van der Waals surface area contributed by atoms with E-state index in [2.05, 4.69) is 20.6 Å². The van der Waals surface area contributed by atoms with Crippen molar-refractivity contribution < 1.29 is 4.79 Å². The van der Waals surface area contributed by atoms with Gasteiger partial charge in [-0.3, -0.25) is 4.79 Å². The molecule has 102 valence electrons. The fourth-order valence-electron chi connectivity index (χ4n) is 1.66. The van der Waals surface area contributed by atoms with Gasteiger partial charge < -0.3 is 15.6 Å². The molecule has 0 saturated carbocycles. The second kappa shape index (κ2) is 5.30. The van der Waals surface area contributed by atoms with Gasteiger partial charge in [-0.2, -0.15) is 0 Å². The number of hydrogen-bond donors (Lipinski definition) is 3. The Morgan fingerprint density at radius 1 is 1.26 bits per heavy atom. The van der Waals surface area contributed by atoms with Gasteiger partial charge in [-0.25, -0.2) is 4.98 Å². The summed E-state index contributed by atoms with van der Waals surface area (Å²) in [6.45, 7) is 6.91. The van der Waals surface area contributed by atoms with Gasteiger partial charge in [0.25, 0.3) is 0 Å². The Kier molecular flexibility index (Phi) is 3.74. The number of carbonyl (C=O) groups is 1. The fourth-order valence-corrected chi connectivity index (χ4v) is 1.66. The number of benzene rings is 1. The molecule has 1 heterocycles. The first kappa shape index (κ1) is 13.4. The lowest BCUT2D eigenvalue weighted by Gasteiger charge is -2.17. The van der Waals surface area contributed by atoms with E-state index < -0.39 is 0 Å². The smallest absolute Gasteiger partial charge is 0.225 e. The number of para-hydroxylation sites is 2. The van der Waals surface area contributed by atoms with E-state index in [1.165, 1.54) is 0 Å². The van der Waals surface area contributed by atoms with Crippen LogP contribution in [0.1, 0.15) is 20.8 Å². The standard InChI is InChI=1S/C14H20N4O/c1-14(2,3)12(19)15-8-9-16-13-17-10-6-4-5-7-11(10)18-13/h4-7H,8-9H2,1-3H3,(H,15,19)(H2,16,17,18). The third-order valence-corrected chi connectivity index (χ3v) is 2.77. The number of anilines is 1. The second-order valence-electron chi connectivity index (χ2n) is 5.54. The van der Waals surface area contributed by atoms with E-state index in [9.17, 15) is 4.79 Å². The van der Waals surface area contributed by atoms with Crippen molar-refractivity contribution in [1.29, 1.82) is 0 Å². The lowest BCUT2D eigenvalue weighted by molar-refractivity contribution is -0.128. The predicted molar refractivity (Wildman–Crippen MR) is 77.0 cm³/mol. The molecule has 2 rings (SSSR count). The number of H-pyrrole nitrogens is 1. The van der Waals surface area contributed by atoms with Crippen LogP contribution in [-0.4, -0.2) is 29.0 Å². The van der Waals surface area contributed by atoms with Crippen LogP contribution in [0.15, 0.2) is 24.3 Å². The molecule has 0 fully saturated rings. The Labute approximate surface area is 112 Å². The maximum absolute atomic E-state index is 11.7. The van der Waals surface area contributed by atoms with E-state index in [0.29, 0.717) is 13.1 Å². The van der Waals surface area contributed by atoms with Gasteiger partial charge in [0.05, 0.1) is 11.0 Å². The molecule has 0 saturated heterocycles. The number of aromatic nitrogens is 2. The summed E-state index contributed by atoms with van der Waals surface area (Å²) < 4.78 is 0. The zero-order valence-corrected chi connectivity index (χ0v) is 11.6. The van der Waals surface area contributed by atoms with E-state index in [1.54, 1.807) is 0 Å². The summed E-state index contributed by atoms with van der Waals surface area (Å²) in [5.41, 5.74) is 1.59. The average Bonchev–Trinajstić information content (AvgIpc) is 2.75. The normalized spacial score (nSPS) is 11.5. The first-order valence-corrected chi connectivity index (χ1v) is 6.44. The molecule has 0 atom stereocenters. The largest absolute Gasteiger partial charge is 0.354 e. The number of nitrogens with zero attached hydrogens (tertiary/aromatic N) is 1. The van der Waals surface area contributed by atoms with Crippen molar-refractivity contribution in [1.82, 2.24) is 15.3 Å². The molecule has 0 radical (unpaired) electrons. The van der Waals surface area contributed by atoms with Crippen molar-refractivity contribution in [3.63, 3.8) is 0 Å². The number of rotatable bonds is 4. The van der Waals surface area contributed by atoms with E-state index in [1.807, 2.05) is 45.0 Å². The summed E-state index contributed by atoms with van der Waals surface area (Å²) >= 11 is 0. The highest BCUT2D eigenvalue weighted by Crippen LogP contribution is 2.13. The second-order valence-corrected chi connectivity index (χ2v) is 5.54. The molecule has 1 aromatic heterocycles. The van der Waals surface area contributed by atoms with Gasteiger partial charge in [-0.1, -0.05) is 32.9 Å². The lowest BCUT2D eigenvalue weighted by atomic mass is 9.96. The molecule has 0 aliphatic carbocycles. The topological polar surface area (TPSA) is 69.8 Å². The molecule has 5 nitrogen and oxygen atoms in total. The van der Waals surface area contributed by atoms with Gasteiger partial charge in [-0.15, -0.1) is 0 Å². The summed E-state index contributed by atoms with van der Waals surface area (Å²) in [4.78, 5) is 19.2. The van der Waals surface area contributed by atoms with Crippen molar-refractivity contribution in [3.8, 4) is 0 Å². The van der Waals surface area contributed by atoms with Crippen LogP contribution in [0.5, 0.6) is 0 Å². The van der Waals surface area contributed by atoms with Gasteiger partial charge in [0.15, 0.2) is 0 Å². The highest BCUT2D eigenvalue weighted by molar-refractivity contribution is 5.81. The number of nitrogens with one attached hydrogen (secondary N) is 3. The number of amides is 1. The summed E-state index contributed by atoms with van der Waals surface area (Å²) in [5, 5.41) is 6.04. The Bertz CT molecular complexity index is 535. The highest BCUT2D eigenvalue weighted by atomic mass is 16.2. The minimum Gasteiger partial charge on any atom is -0.354 e. The number of hydrogen-bond acceptors (Lipinski definition) is 3. The quantitative estimate of drug-likeness (QED) is 0.738. The van der Waals surface area contributed by atoms with Crippen LogP contribution in [-0.2, 0) is 4.79 Å². The van der Waals surface area contributed by atoms with Crippen LogP contribution >= 0.6 is 0 Å². The average molecular weight is 260 g/mol. The summed E-state index contributed by atoms with van der Waals surface area (Å²) in [7, 11) is 0.